The van der Waals surface area contributed by atoms with E-state index in [1.807, 2.05) is 23.6 Å². The van der Waals surface area contributed by atoms with Crippen molar-refractivity contribution >= 4 is 74.9 Å². The van der Waals surface area contributed by atoms with Crippen LogP contribution >= 0.6 is 46.3 Å². The van der Waals surface area contributed by atoms with Crippen LogP contribution in [0.1, 0.15) is 12.8 Å². The van der Waals surface area contributed by atoms with Crippen molar-refractivity contribution in [3.8, 4) is 11.3 Å². The lowest BCUT2D eigenvalue weighted by Crippen LogP contribution is -2.34. The molecular weight excluding hydrogens is 541 g/mol. The van der Waals surface area contributed by atoms with Crippen molar-refractivity contribution in [2.24, 2.45) is 11.8 Å². The van der Waals surface area contributed by atoms with Gasteiger partial charge in [0.2, 0.25) is 11.8 Å². The minimum absolute atomic E-state index is 0.146. The molecule has 3 N–H and O–H groups in total. The molecule has 186 valence electrons. The standard InChI is InChI=1S/C25H21Cl2N3O4S2/c26-19-9-8-14(10-20(19)27)21-12-36-25(29-21)30-22(31)13-35-16-5-3-4-15(11-16)28-23(32)17-6-1-2-7-18(17)24(33)34/h1-5,8-12,17-18H,6-7,13H2,(H,28,32)(H,33,34)(H,29,30,31). The molecule has 0 fully saturated rings. The first-order chi connectivity index (χ1) is 17.3. The number of aromatic nitrogens is 1. The number of carbonyl (C=O) groups excluding carboxylic acids is 2. The smallest absolute Gasteiger partial charge is 0.307 e. The topological polar surface area (TPSA) is 108 Å². The number of aliphatic carboxylic acids is 1. The van der Waals surface area contributed by atoms with E-state index in [9.17, 15) is 19.5 Å². The number of nitrogens with one attached hydrogen (secondary N) is 2. The van der Waals surface area contributed by atoms with E-state index in [4.69, 9.17) is 23.2 Å². The van der Waals surface area contributed by atoms with E-state index in [1.54, 1.807) is 36.4 Å². The molecule has 2 unspecified atom stereocenters. The third-order valence-corrected chi connectivity index (χ3v) is 8.01. The zero-order valence-electron chi connectivity index (χ0n) is 18.7. The fraction of sp³-hybridized carbons (Fsp3) is 0.200. The third kappa shape index (κ3) is 6.67. The molecule has 2 atom stereocenters. The van der Waals surface area contributed by atoms with Crippen LogP contribution in [0.5, 0.6) is 0 Å². The average molecular weight is 563 g/mol. The van der Waals surface area contributed by atoms with Crippen LogP contribution in [-0.4, -0.2) is 33.6 Å². The van der Waals surface area contributed by atoms with Gasteiger partial charge in [-0.25, -0.2) is 4.98 Å². The molecule has 0 spiro atoms. The van der Waals surface area contributed by atoms with Crippen LogP contribution in [0.4, 0.5) is 10.8 Å². The van der Waals surface area contributed by atoms with E-state index < -0.39 is 17.8 Å². The Morgan fingerprint density at radius 3 is 2.56 bits per heavy atom. The predicted octanol–water partition coefficient (Wildman–Crippen LogP) is 6.45. The Morgan fingerprint density at radius 1 is 1.03 bits per heavy atom. The summed E-state index contributed by atoms with van der Waals surface area (Å²) < 4.78 is 0. The maximum Gasteiger partial charge on any atom is 0.307 e. The molecule has 11 heteroatoms. The van der Waals surface area contributed by atoms with Crippen LogP contribution < -0.4 is 10.6 Å². The van der Waals surface area contributed by atoms with E-state index in [2.05, 4.69) is 15.6 Å². The third-order valence-electron chi connectivity index (χ3n) is 5.52. The zero-order chi connectivity index (χ0) is 25.7. The molecule has 3 aromatic rings. The first-order valence-electron chi connectivity index (χ1n) is 10.9. The minimum atomic E-state index is -0.973. The van der Waals surface area contributed by atoms with Gasteiger partial charge in [0.05, 0.1) is 33.3 Å². The Morgan fingerprint density at radius 2 is 1.81 bits per heavy atom. The van der Waals surface area contributed by atoms with Crippen LogP contribution in [0.25, 0.3) is 11.3 Å². The number of carboxylic acid groups (broad SMARTS) is 1. The second kappa shape index (κ2) is 11.9. The van der Waals surface area contributed by atoms with Crippen molar-refractivity contribution in [2.45, 2.75) is 17.7 Å². The first kappa shape index (κ1) is 26.2. The van der Waals surface area contributed by atoms with Gasteiger partial charge in [0.1, 0.15) is 0 Å². The highest BCUT2D eigenvalue weighted by Gasteiger charge is 2.33. The quantitative estimate of drug-likeness (QED) is 0.215. The Hall–Kier alpha value is -2.85. The van der Waals surface area contributed by atoms with Crippen LogP contribution in [0, 0.1) is 11.8 Å². The Labute approximate surface area is 225 Å². The summed E-state index contributed by atoms with van der Waals surface area (Å²) >= 11 is 14.7. The second-order valence-corrected chi connectivity index (χ2v) is 10.7. The number of hydrogen-bond donors (Lipinski definition) is 3. The maximum absolute atomic E-state index is 12.7. The van der Waals surface area contributed by atoms with Gasteiger partial charge >= 0.3 is 5.97 Å². The van der Waals surface area contributed by atoms with E-state index >= 15 is 0 Å². The summed E-state index contributed by atoms with van der Waals surface area (Å²) in [7, 11) is 0. The Balaban J connectivity index is 1.31. The fourth-order valence-corrected chi connectivity index (χ4v) is 5.49. The lowest BCUT2D eigenvalue weighted by atomic mass is 9.82. The fourth-order valence-electron chi connectivity index (χ4n) is 3.70. The van der Waals surface area contributed by atoms with Gasteiger partial charge in [-0.15, -0.1) is 23.1 Å². The summed E-state index contributed by atoms with van der Waals surface area (Å²) in [6.07, 6.45) is 4.36. The number of nitrogens with zero attached hydrogens (tertiary/aromatic N) is 1. The number of carbonyl (C=O) groups is 3. The summed E-state index contributed by atoms with van der Waals surface area (Å²) in [5.41, 5.74) is 2.03. The number of amides is 2. The summed E-state index contributed by atoms with van der Waals surface area (Å²) in [5, 5.41) is 18.2. The summed E-state index contributed by atoms with van der Waals surface area (Å²) in [6, 6.07) is 12.3. The lowest BCUT2D eigenvalue weighted by molar-refractivity contribution is -0.146. The number of allylic oxidation sites excluding steroid dienone is 2. The van der Waals surface area contributed by atoms with Crippen molar-refractivity contribution in [1.29, 1.82) is 0 Å². The Bertz CT molecular complexity index is 1330. The molecule has 7 nitrogen and oxygen atoms in total. The number of halogens is 2. The monoisotopic (exact) mass is 561 g/mol. The summed E-state index contributed by atoms with van der Waals surface area (Å²) in [5.74, 6) is -2.73. The van der Waals surface area contributed by atoms with Gasteiger partial charge in [-0.05, 0) is 43.2 Å². The molecule has 1 aliphatic rings. The zero-order valence-corrected chi connectivity index (χ0v) is 21.9. The molecule has 1 aromatic heterocycles. The molecule has 36 heavy (non-hydrogen) atoms. The summed E-state index contributed by atoms with van der Waals surface area (Å²) in [4.78, 5) is 41.9. The molecule has 1 aliphatic carbocycles. The molecule has 0 saturated heterocycles. The highest BCUT2D eigenvalue weighted by Crippen LogP contribution is 2.31. The highest BCUT2D eigenvalue weighted by atomic mass is 35.5. The van der Waals surface area contributed by atoms with Crippen molar-refractivity contribution in [2.75, 3.05) is 16.4 Å². The van der Waals surface area contributed by atoms with Gasteiger partial charge < -0.3 is 15.7 Å². The molecular formula is C25H21Cl2N3O4S2. The van der Waals surface area contributed by atoms with Crippen LogP contribution in [0.3, 0.4) is 0 Å². The van der Waals surface area contributed by atoms with Gasteiger partial charge in [-0.3, -0.25) is 14.4 Å². The number of hydrogen-bond acceptors (Lipinski definition) is 6. The molecule has 2 amide bonds. The number of thiazole rings is 1. The number of thioether (sulfide) groups is 1. The molecule has 0 bridgehead atoms. The van der Waals surface area contributed by atoms with E-state index in [0.29, 0.717) is 39.4 Å². The van der Waals surface area contributed by atoms with Crippen molar-refractivity contribution in [3.63, 3.8) is 0 Å². The predicted molar refractivity (Wildman–Crippen MR) is 145 cm³/mol. The normalized spacial score (nSPS) is 16.9. The molecule has 1 heterocycles. The lowest BCUT2D eigenvalue weighted by Gasteiger charge is -2.24. The number of anilines is 2. The van der Waals surface area contributed by atoms with Gasteiger partial charge in [0, 0.05) is 21.5 Å². The Kier molecular flexibility index (Phi) is 8.68. The van der Waals surface area contributed by atoms with E-state index in [1.165, 1.54) is 23.1 Å². The minimum Gasteiger partial charge on any atom is -0.481 e. The second-order valence-electron chi connectivity index (χ2n) is 8.01. The molecule has 0 radical (unpaired) electrons. The van der Waals surface area contributed by atoms with E-state index in [0.717, 1.165) is 10.5 Å². The largest absolute Gasteiger partial charge is 0.481 e. The van der Waals surface area contributed by atoms with Gasteiger partial charge in [0.25, 0.3) is 0 Å². The van der Waals surface area contributed by atoms with E-state index in [-0.39, 0.29) is 17.6 Å². The SMILES string of the molecule is O=C(CSc1cccc(NC(=O)C2CC=CCC2C(=O)O)c1)Nc1nc(-c2ccc(Cl)c(Cl)c2)cs1. The van der Waals surface area contributed by atoms with Crippen LogP contribution in [0.2, 0.25) is 10.0 Å². The average Bonchev–Trinajstić information content (AvgIpc) is 3.33. The van der Waals surface area contributed by atoms with Crippen molar-refractivity contribution in [1.82, 2.24) is 4.98 Å². The number of rotatable bonds is 8. The van der Waals surface area contributed by atoms with Crippen LogP contribution in [-0.2, 0) is 14.4 Å². The molecule has 0 saturated carbocycles. The number of benzene rings is 2. The van der Waals surface area contributed by atoms with Crippen molar-refractivity contribution in [3.05, 3.63) is 70.0 Å². The summed E-state index contributed by atoms with van der Waals surface area (Å²) in [6.45, 7) is 0. The molecule has 4 rings (SSSR count). The molecule has 2 aromatic carbocycles. The maximum atomic E-state index is 12.7. The highest BCUT2D eigenvalue weighted by molar-refractivity contribution is 8.00. The first-order valence-corrected chi connectivity index (χ1v) is 13.5. The van der Waals surface area contributed by atoms with Gasteiger partial charge in [-0.2, -0.15) is 0 Å². The molecule has 0 aliphatic heterocycles. The van der Waals surface area contributed by atoms with Gasteiger partial charge in [-0.1, -0.05) is 47.5 Å². The van der Waals surface area contributed by atoms with Gasteiger partial charge in [0.15, 0.2) is 5.13 Å². The van der Waals surface area contributed by atoms with Crippen molar-refractivity contribution < 1.29 is 19.5 Å². The number of carboxylic acids is 1. The van der Waals surface area contributed by atoms with Crippen LogP contribution in [0.15, 0.2) is 64.9 Å².